The maximum absolute atomic E-state index is 5.98. The summed E-state index contributed by atoms with van der Waals surface area (Å²) in [6, 6.07) is 9.34. The van der Waals surface area contributed by atoms with Crippen molar-refractivity contribution in [2.24, 2.45) is 5.92 Å². The van der Waals surface area contributed by atoms with Gasteiger partial charge in [-0.15, -0.1) is 0 Å². The lowest BCUT2D eigenvalue weighted by atomic mass is 9.90. The average Bonchev–Trinajstić information content (AvgIpc) is 3.29. The van der Waals surface area contributed by atoms with E-state index in [2.05, 4.69) is 29.6 Å². The van der Waals surface area contributed by atoms with E-state index in [1.54, 1.807) is 0 Å². The van der Waals surface area contributed by atoms with E-state index in [1.807, 2.05) is 0 Å². The standard InChI is InChI=1S/C17H25NO/c1-2-5-14(6-3-1)13-19-17-8-4-7-15(11-17)12-18-16-9-10-16/h4,7-8,11,14,16,18H,1-3,5-6,9-10,12-13H2. The van der Waals surface area contributed by atoms with Crippen LogP contribution in [0.5, 0.6) is 5.75 Å². The highest BCUT2D eigenvalue weighted by Gasteiger charge is 2.20. The molecule has 0 atom stereocenters. The van der Waals surface area contributed by atoms with Crippen molar-refractivity contribution in [3.8, 4) is 5.75 Å². The van der Waals surface area contributed by atoms with Gasteiger partial charge in [-0.25, -0.2) is 0 Å². The third-order valence-electron chi connectivity index (χ3n) is 4.28. The molecule has 0 aromatic heterocycles. The summed E-state index contributed by atoms with van der Waals surface area (Å²) < 4.78 is 5.98. The Balaban J connectivity index is 1.47. The second kappa shape index (κ2) is 6.42. The predicted octanol–water partition coefficient (Wildman–Crippen LogP) is 3.90. The number of hydrogen-bond donors (Lipinski definition) is 1. The van der Waals surface area contributed by atoms with Crippen LogP contribution in [-0.2, 0) is 6.54 Å². The van der Waals surface area contributed by atoms with Crippen LogP contribution in [0, 0.1) is 5.92 Å². The Labute approximate surface area is 116 Å². The van der Waals surface area contributed by atoms with Crippen molar-refractivity contribution in [2.75, 3.05) is 6.61 Å². The van der Waals surface area contributed by atoms with Gasteiger partial charge in [-0.1, -0.05) is 31.4 Å². The molecule has 2 aliphatic rings. The van der Waals surface area contributed by atoms with Crippen molar-refractivity contribution >= 4 is 0 Å². The molecule has 0 amide bonds. The molecule has 2 nitrogen and oxygen atoms in total. The van der Waals surface area contributed by atoms with Crippen LogP contribution in [0.25, 0.3) is 0 Å². The second-order valence-electron chi connectivity index (χ2n) is 6.12. The first-order valence-electron chi connectivity index (χ1n) is 7.85. The number of rotatable bonds is 6. The molecule has 0 heterocycles. The number of nitrogens with one attached hydrogen (secondary N) is 1. The summed E-state index contributed by atoms with van der Waals surface area (Å²) in [5.74, 6) is 1.82. The van der Waals surface area contributed by atoms with Gasteiger partial charge in [0.15, 0.2) is 0 Å². The number of ether oxygens (including phenoxy) is 1. The summed E-state index contributed by atoms with van der Waals surface area (Å²) in [6.07, 6.45) is 9.58. The molecule has 104 valence electrons. The summed E-state index contributed by atoms with van der Waals surface area (Å²) in [4.78, 5) is 0. The predicted molar refractivity (Wildman–Crippen MR) is 78.4 cm³/mol. The fraction of sp³-hybridized carbons (Fsp3) is 0.647. The van der Waals surface area contributed by atoms with E-state index in [1.165, 1.54) is 50.5 Å². The largest absolute Gasteiger partial charge is 0.493 e. The zero-order valence-electron chi connectivity index (χ0n) is 11.7. The van der Waals surface area contributed by atoms with Gasteiger partial charge in [0, 0.05) is 12.6 Å². The first-order chi connectivity index (χ1) is 9.40. The molecular formula is C17H25NO. The van der Waals surface area contributed by atoms with E-state index in [-0.39, 0.29) is 0 Å². The molecule has 2 heteroatoms. The highest BCUT2D eigenvalue weighted by atomic mass is 16.5. The molecule has 2 fully saturated rings. The number of benzene rings is 1. The quantitative estimate of drug-likeness (QED) is 0.836. The van der Waals surface area contributed by atoms with Crippen LogP contribution in [0.1, 0.15) is 50.5 Å². The maximum atomic E-state index is 5.98. The Kier molecular flexibility index (Phi) is 4.39. The monoisotopic (exact) mass is 259 g/mol. The summed E-state index contributed by atoms with van der Waals surface area (Å²) >= 11 is 0. The van der Waals surface area contributed by atoms with Gasteiger partial charge >= 0.3 is 0 Å². The Morgan fingerprint density at radius 2 is 1.89 bits per heavy atom. The molecule has 3 rings (SSSR count). The second-order valence-corrected chi connectivity index (χ2v) is 6.12. The topological polar surface area (TPSA) is 21.3 Å². The highest BCUT2D eigenvalue weighted by molar-refractivity contribution is 5.28. The first-order valence-corrected chi connectivity index (χ1v) is 7.85. The van der Waals surface area contributed by atoms with E-state index < -0.39 is 0 Å². The van der Waals surface area contributed by atoms with Crippen molar-refractivity contribution in [1.29, 1.82) is 0 Å². The fourth-order valence-corrected chi connectivity index (χ4v) is 2.86. The molecule has 0 spiro atoms. The summed E-state index contributed by atoms with van der Waals surface area (Å²) in [6.45, 7) is 1.88. The lowest BCUT2D eigenvalue weighted by Gasteiger charge is -2.21. The maximum Gasteiger partial charge on any atom is 0.119 e. The fourth-order valence-electron chi connectivity index (χ4n) is 2.86. The Hall–Kier alpha value is -1.02. The normalized spacial score (nSPS) is 20.4. The van der Waals surface area contributed by atoms with Gasteiger partial charge in [0.05, 0.1) is 6.61 Å². The summed E-state index contributed by atoms with van der Waals surface area (Å²) in [5.41, 5.74) is 1.34. The molecule has 2 saturated carbocycles. The lowest BCUT2D eigenvalue weighted by molar-refractivity contribution is 0.208. The van der Waals surface area contributed by atoms with Crippen molar-refractivity contribution in [3.05, 3.63) is 29.8 Å². The third-order valence-corrected chi connectivity index (χ3v) is 4.28. The van der Waals surface area contributed by atoms with Gasteiger partial charge in [-0.3, -0.25) is 0 Å². The minimum atomic E-state index is 0.770. The molecule has 19 heavy (non-hydrogen) atoms. The minimum Gasteiger partial charge on any atom is -0.493 e. The van der Waals surface area contributed by atoms with Crippen molar-refractivity contribution in [3.63, 3.8) is 0 Å². The zero-order chi connectivity index (χ0) is 12.9. The van der Waals surface area contributed by atoms with Crippen molar-refractivity contribution in [2.45, 2.75) is 57.5 Å². The van der Waals surface area contributed by atoms with Crippen LogP contribution < -0.4 is 10.1 Å². The van der Waals surface area contributed by atoms with Crippen LogP contribution >= 0.6 is 0 Å². The van der Waals surface area contributed by atoms with Crippen molar-refractivity contribution in [1.82, 2.24) is 5.32 Å². The van der Waals surface area contributed by atoms with Crippen LogP contribution in [0.4, 0.5) is 0 Å². The molecule has 1 N–H and O–H groups in total. The highest BCUT2D eigenvalue weighted by Crippen LogP contribution is 2.25. The molecule has 0 bridgehead atoms. The van der Waals surface area contributed by atoms with Crippen LogP contribution in [0.3, 0.4) is 0 Å². The molecule has 0 saturated heterocycles. The smallest absolute Gasteiger partial charge is 0.119 e. The van der Waals surface area contributed by atoms with E-state index >= 15 is 0 Å². The van der Waals surface area contributed by atoms with Crippen LogP contribution in [-0.4, -0.2) is 12.6 Å². The van der Waals surface area contributed by atoms with E-state index in [0.717, 1.165) is 30.9 Å². The van der Waals surface area contributed by atoms with E-state index in [9.17, 15) is 0 Å². The van der Waals surface area contributed by atoms with Gasteiger partial charge in [0.2, 0.25) is 0 Å². The Morgan fingerprint density at radius 3 is 2.68 bits per heavy atom. The third kappa shape index (κ3) is 4.24. The van der Waals surface area contributed by atoms with Gasteiger partial charge in [-0.2, -0.15) is 0 Å². The molecular weight excluding hydrogens is 234 g/mol. The van der Waals surface area contributed by atoms with Crippen molar-refractivity contribution < 1.29 is 4.74 Å². The Bertz CT molecular complexity index is 394. The minimum absolute atomic E-state index is 0.770. The molecule has 0 unspecified atom stereocenters. The van der Waals surface area contributed by atoms with Gasteiger partial charge in [0.25, 0.3) is 0 Å². The molecule has 0 radical (unpaired) electrons. The molecule has 0 aliphatic heterocycles. The van der Waals surface area contributed by atoms with E-state index in [4.69, 9.17) is 4.74 Å². The van der Waals surface area contributed by atoms with E-state index in [0.29, 0.717) is 0 Å². The molecule has 2 aliphatic carbocycles. The zero-order valence-corrected chi connectivity index (χ0v) is 11.7. The van der Waals surface area contributed by atoms with Crippen LogP contribution in [0.15, 0.2) is 24.3 Å². The molecule has 1 aromatic carbocycles. The first kappa shape index (κ1) is 13.0. The summed E-state index contributed by atoms with van der Waals surface area (Å²) in [5, 5.41) is 3.55. The lowest BCUT2D eigenvalue weighted by Crippen LogP contribution is -2.16. The van der Waals surface area contributed by atoms with Gasteiger partial charge in [-0.05, 0) is 49.3 Å². The molecule has 1 aromatic rings. The average molecular weight is 259 g/mol. The Morgan fingerprint density at radius 1 is 1.05 bits per heavy atom. The van der Waals surface area contributed by atoms with Gasteiger partial charge < -0.3 is 10.1 Å². The summed E-state index contributed by atoms with van der Waals surface area (Å²) in [7, 11) is 0. The number of hydrogen-bond acceptors (Lipinski definition) is 2. The van der Waals surface area contributed by atoms with Crippen LogP contribution in [0.2, 0.25) is 0 Å². The van der Waals surface area contributed by atoms with Gasteiger partial charge in [0.1, 0.15) is 5.75 Å². The SMILES string of the molecule is c1cc(CNC2CC2)cc(OCC2CCCCC2)c1.